The summed E-state index contributed by atoms with van der Waals surface area (Å²) in [6.45, 7) is 0. The fraction of sp³-hybridized carbons (Fsp3) is 0.0667. The number of imide groups is 1. The van der Waals surface area contributed by atoms with Crippen molar-refractivity contribution in [2.45, 2.75) is 5.37 Å². The van der Waals surface area contributed by atoms with Crippen LogP contribution in [0.2, 0.25) is 0 Å². The molecule has 3 rings (SSSR count). The summed E-state index contributed by atoms with van der Waals surface area (Å²) in [5.74, 6) is -1.29. The van der Waals surface area contributed by atoms with E-state index in [1.54, 1.807) is 0 Å². The summed E-state index contributed by atoms with van der Waals surface area (Å²) in [7, 11) is 0. The third-order valence-electron chi connectivity index (χ3n) is 3.07. The van der Waals surface area contributed by atoms with Gasteiger partial charge in [-0.25, -0.2) is 13.7 Å². The summed E-state index contributed by atoms with van der Waals surface area (Å²) < 4.78 is 25.8. The van der Waals surface area contributed by atoms with Crippen LogP contribution in [0.1, 0.15) is 0 Å². The molecular weight excluding hydrogens is 310 g/mol. The molecule has 0 spiro atoms. The van der Waals surface area contributed by atoms with Crippen LogP contribution in [0.4, 0.5) is 25.0 Å². The van der Waals surface area contributed by atoms with Crippen molar-refractivity contribution < 1.29 is 18.4 Å². The minimum absolute atomic E-state index is 0.312. The summed E-state index contributed by atoms with van der Waals surface area (Å²) in [6.07, 6.45) is 0. The number of benzene rings is 2. The molecule has 4 nitrogen and oxygen atoms in total. The van der Waals surface area contributed by atoms with Gasteiger partial charge < -0.3 is 5.32 Å². The third-order valence-corrected chi connectivity index (χ3v) is 4.01. The van der Waals surface area contributed by atoms with Crippen molar-refractivity contribution in [3.63, 3.8) is 0 Å². The lowest BCUT2D eigenvalue weighted by molar-refractivity contribution is -0.116. The molecule has 22 heavy (non-hydrogen) atoms. The van der Waals surface area contributed by atoms with Crippen LogP contribution < -0.4 is 10.2 Å². The zero-order valence-electron chi connectivity index (χ0n) is 11.1. The first-order valence-electron chi connectivity index (χ1n) is 6.37. The number of nitrogens with one attached hydrogen (secondary N) is 1. The molecule has 0 unspecified atom stereocenters. The van der Waals surface area contributed by atoms with Gasteiger partial charge in [0.15, 0.2) is 5.37 Å². The molecule has 0 bridgehead atoms. The molecule has 1 N–H and O–H groups in total. The van der Waals surface area contributed by atoms with Gasteiger partial charge in [-0.2, -0.15) is 0 Å². The Labute approximate surface area is 129 Å². The largest absolute Gasteiger partial charge is 0.365 e. The van der Waals surface area contributed by atoms with E-state index >= 15 is 0 Å². The van der Waals surface area contributed by atoms with Crippen molar-refractivity contribution in [2.24, 2.45) is 0 Å². The van der Waals surface area contributed by atoms with E-state index in [2.05, 4.69) is 5.32 Å². The fourth-order valence-corrected chi connectivity index (χ4v) is 2.93. The van der Waals surface area contributed by atoms with Crippen LogP contribution >= 0.6 is 11.8 Å². The molecule has 1 aliphatic heterocycles. The first kappa shape index (κ1) is 14.5. The highest BCUT2D eigenvalue weighted by Gasteiger charge is 2.40. The highest BCUT2D eigenvalue weighted by molar-refractivity contribution is 8.16. The van der Waals surface area contributed by atoms with E-state index < -0.39 is 22.3 Å². The number of amides is 2. The highest BCUT2D eigenvalue weighted by Crippen LogP contribution is 2.32. The lowest BCUT2D eigenvalue weighted by Crippen LogP contribution is -2.34. The number of rotatable bonds is 3. The topological polar surface area (TPSA) is 49.4 Å². The second-order valence-electron chi connectivity index (χ2n) is 4.57. The van der Waals surface area contributed by atoms with E-state index in [-0.39, 0.29) is 5.82 Å². The maximum Gasteiger partial charge on any atom is 0.295 e. The molecule has 7 heteroatoms. The van der Waals surface area contributed by atoms with Crippen molar-refractivity contribution in [2.75, 3.05) is 10.2 Å². The molecule has 0 radical (unpaired) electrons. The maximum absolute atomic E-state index is 12.9. The molecule has 0 aliphatic carbocycles. The number of nitrogens with zero attached hydrogens (tertiary/aromatic N) is 1. The van der Waals surface area contributed by atoms with Crippen LogP contribution in [-0.4, -0.2) is 16.5 Å². The number of carbonyl (C=O) groups excluding carboxylic acids is 2. The van der Waals surface area contributed by atoms with Gasteiger partial charge in [-0.3, -0.25) is 9.59 Å². The van der Waals surface area contributed by atoms with Gasteiger partial charge in [-0.1, -0.05) is 0 Å². The Morgan fingerprint density at radius 1 is 0.909 bits per heavy atom. The molecule has 1 saturated heterocycles. The van der Waals surface area contributed by atoms with Crippen molar-refractivity contribution in [1.29, 1.82) is 0 Å². The molecule has 1 atom stereocenters. The second-order valence-corrected chi connectivity index (χ2v) is 5.62. The van der Waals surface area contributed by atoms with Crippen LogP contribution in [0.5, 0.6) is 0 Å². The van der Waals surface area contributed by atoms with E-state index in [1.165, 1.54) is 48.5 Å². The van der Waals surface area contributed by atoms with Gasteiger partial charge in [0, 0.05) is 5.69 Å². The van der Waals surface area contributed by atoms with Crippen LogP contribution in [0.15, 0.2) is 48.5 Å². The van der Waals surface area contributed by atoms with Crippen molar-refractivity contribution in [1.82, 2.24) is 0 Å². The smallest absolute Gasteiger partial charge is 0.295 e. The van der Waals surface area contributed by atoms with Gasteiger partial charge in [-0.15, -0.1) is 0 Å². The van der Waals surface area contributed by atoms with Crippen LogP contribution in [-0.2, 0) is 4.79 Å². The molecule has 0 saturated carbocycles. The number of carbonyl (C=O) groups is 2. The molecular formula is C15H10F2N2O2S. The number of hydrogen-bond donors (Lipinski definition) is 1. The van der Waals surface area contributed by atoms with Crippen LogP contribution in [0.3, 0.4) is 0 Å². The molecule has 2 amide bonds. The van der Waals surface area contributed by atoms with Gasteiger partial charge in [0.05, 0.1) is 5.69 Å². The highest BCUT2D eigenvalue weighted by atomic mass is 32.2. The van der Waals surface area contributed by atoms with Gasteiger partial charge in [0.25, 0.3) is 11.1 Å². The number of thioether (sulfide) groups is 1. The summed E-state index contributed by atoms with van der Waals surface area (Å²) in [5.41, 5.74) is 0.841. The van der Waals surface area contributed by atoms with Crippen LogP contribution in [0, 0.1) is 11.6 Å². The van der Waals surface area contributed by atoms with Gasteiger partial charge >= 0.3 is 0 Å². The van der Waals surface area contributed by atoms with E-state index in [4.69, 9.17) is 0 Å². The molecule has 112 valence electrons. The SMILES string of the molecule is O=C1S[C@@H](Nc2ccc(F)cc2)C(=O)N1c1ccc(F)cc1. The summed E-state index contributed by atoms with van der Waals surface area (Å²) in [5, 5.41) is 1.62. The Balaban J connectivity index is 1.79. The Morgan fingerprint density at radius 2 is 1.45 bits per heavy atom. The Hall–Kier alpha value is -2.41. The normalized spacial score (nSPS) is 17.9. The molecule has 1 fully saturated rings. The summed E-state index contributed by atoms with van der Waals surface area (Å²) in [4.78, 5) is 25.3. The second kappa shape index (κ2) is 5.76. The number of halogens is 2. The molecule has 2 aromatic rings. The number of anilines is 2. The minimum Gasteiger partial charge on any atom is -0.365 e. The summed E-state index contributed by atoms with van der Waals surface area (Å²) >= 11 is 0.819. The Kier molecular flexibility index (Phi) is 3.81. The van der Waals surface area contributed by atoms with E-state index in [1.807, 2.05) is 0 Å². The van der Waals surface area contributed by atoms with Gasteiger partial charge in [0.1, 0.15) is 11.6 Å². The van der Waals surface area contributed by atoms with E-state index in [0.717, 1.165) is 16.7 Å². The zero-order valence-corrected chi connectivity index (χ0v) is 11.9. The third kappa shape index (κ3) is 2.80. The number of hydrogen-bond acceptors (Lipinski definition) is 4. The lowest BCUT2D eigenvalue weighted by atomic mass is 10.2. The average Bonchev–Trinajstić information content (AvgIpc) is 2.77. The van der Waals surface area contributed by atoms with Gasteiger partial charge in [0.2, 0.25) is 0 Å². The fourth-order valence-electron chi connectivity index (χ4n) is 2.02. The zero-order chi connectivity index (χ0) is 15.7. The van der Waals surface area contributed by atoms with Gasteiger partial charge in [-0.05, 0) is 60.3 Å². The van der Waals surface area contributed by atoms with Crippen molar-refractivity contribution >= 4 is 34.3 Å². The molecule has 1 aliphatic rings. The quantitative estimate of drug-likeness (QED) is 0.939. The van der Waals surface area contributed by atoms with Crippen molar-refractivity contribution in [3.05, 3.63) is 60.2 Å². The molecule has 0 aromatic heterocycles. The van der Waals surface area contributed by atoms with E-state index in [9.17, 15) is 18.4 Å². The summed E-state index contributed by atoms with van der Waals surface area (Å²) in [6, 6.07) is 10.6. The molecule has 1 heterocycles. The average molecular weight is 320 g/mol. The van der Waals surface area contributed by atoms with E-state index in [0.29, 0.717) is 11.4 Å². The Morgan fingerprint density at radius 3 is 2.05 bits per heavy atom. The first-order chi connectivity index (χ1) is 10.5. The maximum atomic E-state index is 12.9. The monoisotopic (exact) mass is 320 g/mol. The predicted molar refractivity (Wildman–Crippen MR) is 80.7 cm³/mol. The lowest BCUT2D eigenvalue weighted by Gasteiger charge is -2.14. The predicted octanol–water partition coefficient (Wildman–Crippen LogP) is 3.60. The molecule has 2 aromatic carbocycles. The first-order valence-corrected chi connectivity index (χ1v) is 7.25. The van der Waals surface area contributed by atoms with Crippen molar-refractivity contribution in [3.8, 4) is 0 Å². The standard InChI is InChI=1S/C15H10F2N2O2S/c16-9-1-5-11(6-2-9)18-13-14(20)19(15(21)22-13)12-7-3-10(17)4-8-12/h1-8,13,18H/t13-/m1/s1. The Bertz CT molecular complexity index is 719. The van der Waals surface area contributed by atoms with Crippen LogP contribution in [0.25, 0.3) is 0 Å². The minimum atomic E-state index is -0.803.